The molecule has 1 N–H and O–H groups in total. The van der Waals surface area contributed by atoms with Crippen molar-refractivity contribution in [1.82, 2.24) is 0 Å². The first kappa shape index (κ1) is 35.3. The van der Waals surface area contributed by atoms with Gasteiger partial charge in [0.1, 0.15) is 11.5 Å². The summed E-state index contributed by atoms with van der Waals surface area (Å²) in [6.07, 6.45) is 32.8. The van der Waals surface area contributed by atoms with E-state index in [1.165, 1.54) is 141 Å². The van der Waals surface area contributed by atoms with Crippen molar-refractivity contribution in [1.29, 1.82) is 0 Å². The van der Waals surface area contributed by atoms with Crippen LogP contribution in [0.4, 0.5) is 5.69 Å². The van der Waals surface area contributed by atoms with E-state index in [4.69, 9.17) is 9.47 Å². The van der Waals surface area contributed by atoms with Crippen molar-refractivity contribution in [2.45, 2.75) is 168 Å². The van der Waals surface area contributed by atoms with E-state index in [0.29, 0.717) is 19.6 Å². The molecular weight excluding hydrogens is 482 g/mol. The Morgan fingerprint density at radius 1 is 0.487 bits per heavy atom. The third-order valence-electron chi connectivity index (χ3n) is 7.64. The number of hydrogen-bond donors (Lipinski definition) is 1. The molecule has 1 aromatic carbocycles. The summed E-state index contributed by atoms with van der Waals surface area (Å²) in [6, 6.07) is 5.72. The summed E-state index contributed by atoms with van der Waals surface area (Å²) < 4.78 is 12.0. The van der Waals surface area contributed by atoms with E-state index < -0.39 is 0 Å². The Morgan fingerprint density at radius 2 is 0.795 bits per heavy atom. The lowest BCUT2D eigenvalue weighted by atomic mass is 10.1. The van der Waals surface area contributed by atoms with Gasteiger partial charge in [0.25, 0.3) is 0 Å². The van der Waals surface area contributed by atoms with Gasteiger partial charge >= 0.3 is 0 Å². The number of rotatable bonds is 30. The average Bonchev–Trinajstić information content (AvgIpc) is 2.94. The molecule has 0 atom stereocenters. The first-order chi connectivity index (χ1) is 19.3. The Bertz CT molecular complexity index is 615. The van der Waals surface area contributed by atoms with Crippen LogP contribution in [0.5, 0.6) is 11.5 Å². The lowest BCUT2D eigenvalue weighted by molar-refractivity contribution is -0.105. The summed E-state index contributed by atoms with van der Waals surface area (Å²) >= 11 is 0. The van der Waals surface area contributed by atoms with E-state index in [1.807, 2.05) is 18.2 Å². The van der Waals surface area contributed by atoms with Gasteiger partial charge in [-0.15, -0.1) is 0 Å². The monoisotopic (exact) mass is 545 g/mol. The van der Waals surface area contributed by atoms with Gasteiger partial charge in [0.05, 0.1) is 13.2 Å². The highest BCUT2D eigenvalue weighted by molar-refractivity contribution is 5.73. The van der Waals surface area contributed by atoms with Crippen molar-refractivity contribution in [3.05, 3.63) is 18.2 Å². The molecule has 0 saturated heterocycles. The number of amides is 1. The molecule has 0 aliphatic carbocycles. The molecule has 4 heteroatoms. The number of benzene rings is 1. The van der Waals surface area contributed by atoms with Crippen LogP contribution in [0.3, 0.4) is 0 Å². The van der Waals surface area contributed by atoms with Crippen LogP contribution in [-0.4, -0.2) is 19.6 Å². The molecule has 1 rings (SSSR count). The zero-order valence-corrected chi connectivity index (χ0v) is 25.9. The fourth-order valence-corrected chi connectivity index (χ4v) is 5.16. The Morgan fingerprint density at radius 3 is 1.10 bits per heavy atom. The van der Waals surface area contributed by atoms with Gasteiger partial charge in [-0.3, -0.25) is 4.79 Å². The van der Waals surface area contributed by atoms with Crippen molar-refractivity contribution < 1.29 is 14.3 Å². The molecule has 0 fully saturated rings. The number of nitrogens with one attached hydrogen (secondary N) is 1. The molecule has 39 heavy (non-hydrogen) atoms. The number of carbonyl (C=O) groups excluding carboxylic acids is 1. The van der Waals surface area contributed by atoms with Gasteiger partial charge < -0.3 is 14.8 Å². The molecule has 1 aromatic rings. The molecule has 0 radical (unpaired) electrons. The van der Waals surface area contributed by atoms with Crippen LogP contribution >= 0.6 is 0 Å². The Labute approximate surface area is 242 Å². The molecule has 0 aliphatic heterocycles. The van der Waals surface area contributed by atoms with Crippen molar-refractivity contribution in [3.8, 4) is 11.5 Å². The summed E-state index contributed by atoms with van der Waals surface area (Å²) in [5, 5.41) is 2.75. The summed E-state index contributed by atoms with van der Waals surface area (Å²) in [4.78, 5) is 11.0. The predicted molar refractivity (Wildman–Crippen MR) is 169 cm³/mol. The normalized spacial score (nSPS) is 11.0. The van der Waals surface area contributed by atoms with Crippen LogP contribution in [0.15, 0.2) is 18.2 Å². The van der Waals surface area contributed by atoms with Gasteiger partial charge in [0, 0.05) is 23.9 Å². The van der Waals surface area contributed by atoms with Crippen LogP contribution in [0.2, 0.25) is 0 Å². The maximum Gasteiger partial charge on any atom is 0.211 e. The first-order valence-electron chi connectivity index (χ1n) is 16.9. The molecule has 0 spiro atoms. The van der Waals surface area contributed by atoms with Gasteiger partial charge in [-0.1, -0.05) is 155 Å². The zero-order valence-electron chi connectivity index (χ0n) is 25.9. The molecule has 0 aromatic heterocycles. The van der Waals surface area contributed by atoms with Gasteiger partial charge in [-0.25, -0.2) is 0 Å². The van der Waals surface area contributed by atoms with Crippen LogP contribution in [0.25, 0.3) is 0 Å². The van der Waals surface area contributed by atoms with Crippen LogP contribution < -0.4 is 14.8 Å². The van der Waals surface area contributed by atoms with Crippen molar-refractivity contribution in [2.24, 2.45) is 0 Å². The number of anilines is 1. The first-order valence-corrected chi connectivity index (χ1v) is 16.9. The second-order valence-corrected chi connectivity index (χ2v) is 11.4. The summed E-state index contributed by atoms with van der Waals surface area (Å²) in [6.45, 7) is 5.97. The smallest absolute Gasteiger partial charge is 0.211 e. The zero-order chi connectivity index (χ0) is 28.1. The van der Waals surface area contributed by atoms with E-state index in [0.717, 1.165) is 30.0 Å². The quantitative estimate of drug-likeness (QED) is 0.0772. The van der Waals surface area contributed by atoms with Gasteiger partial charge in [-0.05, 0) is 12.8 Å². The van der Waals surface area contributed by atoms with Crippen LogP contribution in [0.1, 0.15) is 168 Å². The minimum absolute atomic E-state index is 0.708. The Balaban J connectivity index is 2.10. The van der Waals surface area contributed by atoms with Gasteiger partial charge in [0.2, 0.25) is 6.41 Å². The van der Waals surface area contributed by atoms with E-state index in [2.05, 4.69) is 19.2 Å². The van der Waals surface area contributed by atoms with Gasteiger partial charge in [0.15, 0.2) is 0 Å². The molecule has 0 aliphatic rings. The molecule has 0 saturated carbocycles. The molecule has 0 heterocycles. The second-order valence-electron chi connectivity index (χ2n) is 11.4. The molecule has 4 nitrogen and oxygen atoms in total. The van der Waals surface area contributed by atoms with Crippen molar-refractivity contribution in [2.75, 3.05) is 18.5 Å². The van der Waals surface area contributed by atoms with Crippen molar-refractivity contribution >= 4 is 12.1 Å². The molecular formula is C35H63NO3. The summed E-state index contributed by atoms with van der Waals surface area (Å²) in [5.74, 6) is 1.55. The largest absolute Gasteiger partial charge is 0.493 e. The maximum atomic E-state index is 11.0. The average molecular weight is 546 g/mol. The molecule has 1 amide bonds. The Hall–Kier alpha value is -1.71. The summed E-state index contributed by atoms with van der Waals surface area (Å²) in [7, 11) is 0. The lowest BCUT2D eigenvalue weighted by Crippen LogP contribution is -2.02. The Kier molecular flexibility index (Phi) is 25.2. The van der Waals surface area contributed by atoms with Gasteiger partial charge in [-0.2, -0.15) is 0 Å². The highest BCUT2D eigenvalue weighted by atomic mass is 16.5. The molecule has 226 valence electrons. The number of hydrogen-bond acceptors (Lipinski definition) is 3. The van der Waals surface area contributed by atoms with E-state index in [9.17, 15) is 4.79 Å². The van der Waals surface area contributed by atoms with Crippen molar-refractivity contribution in [3.63, 3.8) is 0 Å². The number of unbranched alkanes of at least 4 members (excludes halogenated alkanes) is 22. The van der Waals surface area contributed by atoms with E-state index in [-0.39, 0.29) is 0 Å². The fourth-order valence-electron chi connectivity index (χ4n) is 5.16. The number of ether oxygens (including phenoxy) is 2. The predicted octanol–water partition coefficient (Wildman–Crippen LogP) is 11.4. The topological polar surface area (TPSA) is 47.6 Å². The third-order valence-corrected chi connectivity index (χ3v) is 7.64. The second kappa shape index (κ2) is 27.8. The molecule has 0 bridgehead atoms. The van der Waals surface area contributed by atoms with Crippen LogP contribution in [0, 0.1) is 0 Å². The molecule has 0 unspecified atom stereocenters. The highest BCUT2D eigenvalue weighted by Gasteiger charge is 2.04. The fraction of sp³-hybridized carbons (Fsp3) is 0.800. The SMILES string of the molecule is CCCCCCCCCCCCCCOc1cc(NC=O)cc(OCCCCCCCCCCCCCC)c1. The number of carbonyl (C=O) groups is 1. The maximum absolute atomic E-state index is 11.0. The highest BCUT2D eigenvalue weighted by Crippen LogP contribution is 2.27. The van der Waals surface area contributed by atoms with Crippen LogP contribution in [-0.2, 0) is 4.79 Å². The third kappa shape index (κ3) is 22.8. The lowest BCUT2D eigenvalue weighted by Gasteiger charge is -2.12. The van der Waals surface area contributed by atoms with E-state index >= 15 is 0 Å². The standard InChI is InChI=1S/C35H63NO3/c1-3-5-7-9-11-13-15-17-19-21-23-25-27-38-34-29-33(36-32-37)30-35(31-34)39-28-26-24-22-20-18-16-14-12-10-8-6-4-2/h29-32H,3-28H2,1-2H3,(H,36,37). The summed E-state index contributed by atoms with van der Waals surface area (Å²) in [5.41, 5.74) is 0.724. The minimum Gasteiger partial charge on any atom is -0.493 e. The van der Waals surface area contributed by atoms with E-state index in [1.54, 1.807) is 0 Å². The minimum atomic E-state index is 0.708.